The second-order valence-corrected chi connectivity index (χ2v) is 5.21. The van der Waals surface area contributed by atoms with Crippen molar-refractivity contribution in [1.29, 1.82) is 0 Å². The third-order valence-electron chi connectivity index (χ3n) is 4.19. The Hall–Kier alpha value is -1.57. The first-order valence-corrected chi connectivity index (χ1v) is 6.86. The zero-order valence-corrected chi connectivity index (χ0v) is 11.3. The Kier molecular flexibility index (Phi) is 2.54. The molecule has 18 heavy (non-hydrogen) atoms. The van der Waals surface area contributed by atoms with Crippen molar-refractivity contribution in [1.82, 2.24) is 4.57 Å². The van der Waals surface area contributed by atoms with E-state index in [0.717, 1.165) is 24.8 Å². The van der Waals surface area contributed by atoms with Gasteiger partial charge in [0.25, 0.3) is 5.56 Å². The number of aryl methyl sites for hydroxylation is 1. The van der Waals surface area contributed by atoms with Crippen molar-refractivity contribution in [3.8, 4) is 0 Å². The quantitative estimate of drug-likeness (QED) is 0.791. The van der Waals surface area contributed by atoms with Gasteiger partial charge in [0.05, 0.1) is 5.52 Å². The summed E-state index contributed by atoms with van der Waals surface area (Å²) in [5.74, 6) is 0. The third kappa shape index (κ3) is 1.32. The Balaban J connectivity index is 2.56. The predicted octanol–water partition coefficient (Wildman–Crippen LogP) is 3.24. The van der Waals surface area contributed by atoms with Crippen molar-refractivity contribution in [3.63, 3.8) is 0 Å². The Morgan fingerprint density at radius 3 is 2.61 bits per heavy atom. The second-order valence-electron chi connectivity index (χ2n) is 5.21. The molecule has 0 saturated heterocycles. The van der Waals surface area contributed by atoms with Crippen LogP contribution < -0.4 is 5.56 Å². The van der Waals surface area contributed by atoms with Crippen LogP contribution in [0.4, 0.5) is 0 Å². The minimum absolute atomic E-state index is 0.235. The number of rotatable bonds is 2. The Morgan fingerprint density at radius 1 is 1.22 bits per heavy atom. The fourth-order valence-electron chi connectivity index (χ4n) is 3.42. The van der Waals surface area contributed by atoms with Gasteiger partial charge in [0.2, 0.25) is 0 Å². The topological polar surface area (TPSA) is 22.0 Å². The molecule has 1 unspecified atom stereocenters. The minimum Gasteiger partial charge on any atom is -0.305 e. The van der Waals surface area contributed by atoms with Crippen molar-refractivity contribution in [2.45, 2.75) is 46.1 Å². The van der Waals surface area contributed by atoms with Crippen LogP contribution >= 0.6 is 0 Å². The molecule has 1 aromatic carbocycles. The number of para-hydroxylation sites is 1. The number of hydrogen-bond acceptors (Lipinski definition) is 1. The summed E-state index contributed by atoms with van der Waals surface area (Å²) in [6, 6.07) is 6.76. The lowest BCUT2D eigenvalue weighted by Crippen LogP contribution is -2.26. The van der Waals surface area contributed by atoms with Crippen LogP contribution in [0, 0.1) is 0 Å². The van der Waals surface area contributed by atoms with Crippen LogP contribution in [-0.4, -0.2) is 4.57 Å². The van der Waals surface area contributed by atoms with Crippen LogP contribution in [0.25, 0.3) is 10.9 Å². The van der Waals surface area contributed by atoms with Gasteiger partial charge in [0, 0.05) is 17.0 Å². The number of aromatic nitrogens is 1. The normalized spacial score (nSPS) is 17.6. The standard InChI is InChI=1S/C16H19NO/c1-4-12-13(5-2)16(18)17-10(3)9-11-7-6-8-14(12)15(11)17/h6-8,10H,4-5,9H2,1-3H3. The summed E-state index contributed by atoms with van der Waals surface area (Å²) < 4.78 is 2.02. The van der Waals surface area contributed by atoms with Gasteiger partial charge in [-0.15, -0.1) is 0 Å². The molecule has 1 aliphatic rings. The first-order chi connectivity index (χ1) is 8.69. The molecule has 0 amide bonds. The maximum atomic E-state index is 12.6. The molecule has 0 spiro atoms. The van der Waals surface area contributed by atoms with E-state index in [1.54, 1.807) is 0 Å². The highest BCUT2D eigenvalue weighted by Crippen LogP contribution is 2.33. The summed E-state index contributed by atoms with van der Waals surface area (Å²) in [5, 5.41) is 1.29. The summed E-state index contributed by atoms with van der Waals surface area (Å²) in [6.45, 7) is 6.37. The third-order valence-corrected chi connectivity index (χ3v) is 4.19. The van der Waals surface area contributed by atoms with Crippen LogP contribution in [0.15, 0.2) is 23.0 Å². The number of hydrogen-bond donors (Lipinski definition) is 0. The van der Waals surface area contributed by atoms with Gasteiger partial charge >= 0.3 is 0 Å². The van der Waals surface area contributed by atoms with Crippen molar-refractivity contribution >= 4 is 10.9 Å². The van der Waals surface area contributed by atoms with E-state index in [1.165, 1.54) is 22.0 Å². The first kappa shape index (κ1) is 11.5. The average molecular weight is 241 g/mol. The number of nitrogens with zero attached hydrogens (tertiary/aromatic N) is 1. The highest BCUT2D eigenvalue weighted by atomic mass is 16.1. The van der Waals surface area contributed by atoms with E-state index in [1.807, 2.05) is 4.57 Å². The van der Waals surface area contributed by atoms with Crippen LogP contribution in [-0.2, 0) is 19.3 Å². The average Bonchev–Trinajstić information content (AvgIpc) is 2.71. The lowest BCUT2D eigenvalue weighted by Gasteiger charge is -2.15. The molecule has 0 fully saturated rings. The van der Waals surface area contributed by atoms with E-state index in [9.17, 15) is 4.79 Å². The van der Waals surface area contributed by atoms with Gasteiger partial charge in [-0.1, -0.05) is 32.0 Å². The lowest BCUT2D eigenvalue weighted by molar-refractivity contribution is 0.574. The molecule has 1 aromatic heterocycles. The van der Waals surface area contributed by atoms with Gasteiger partial charge < -0.3 is 4.57 Å². The number of pyridine rings is 1. The van der Waals surface area contributed by atoms with Gasteiger partial charge in [-0.3, -0.25) is 4.79 Å². The molecular formula is C16H19NO. The van der Waals surface area contributed by atoms with E-state index >= 15 is 0 Å². The molecule has 1 atom stereocenters. The molecule has 3 rings (SSSR count). The van der Waals surface area contributed by atoms with Crippen LogP contribution in [0.2, 0.25) is 0 Å². The molecular weight excluding hydrogens is 222 g/mol. The zero-order chi connectivity index (χ0) is 12.9. The van der Waals surface area contributed by atoms with Gasteiger partial charge in [0.15, 0.2) is 0 Å². The van der Waals surface area contributed by atoms with Crippen molar-refractivity contribution < 1.29 is 0 Å². The number of benzene rings is 1. The smallest absolute Gasteiger partial charge is 0.254 e. The maximum absolute atomic E-state index is 12.6. The molecule has 2 heterocycles. The molecule has 2 nitrogen and oxygen atoms in total. The minimum atomic E-state index is 0.235. The van der Waals surface area contributed by atoms with E-state index in [-0.39, 0.29) is 5.56 Å². The molecule has 1 aliphatic heterocycles. The largest absolute Gasteiger partial charge is 0.305 e. The SMILES string of the molecule is CCc1c(CC)c2cccc3c2n(c1=O)C(C)C3. The molecule has 94 valence electrons. The molecule has 0 saturated carbocycles. The maximum Gasteiger partial charge on any atom is 0.254 e. The van der Waals surface area contributed by atoms with Crippen LogP contribution in [0.3, 0.4) is 0 Å². The summed E-state index contributed by atoms with van der Waals surface area (Å²) in [6.07, 6.45) is 2.76. The van der Waals surface area contributed by atoms with E-state index in [4.69, 9.17) is 0 Å². The van der Waals surface area contributed by atoms with Crippen molar-refractivity contribution in [2.75, 3.05) is 0 Å². The predicted molar refractivity (Wildman–Crippen MR) is 75.4 cm³/mol. The Labute approximate surface area is 107 Å². The summed E-state index contributed by atoms with van der Waals surface area (Å²) in [7, 11) is 0. The Bertz CT molecular complexity index is 682. The highest BCUT2D eigenvalue weighted by molar-refractivity contribution is 5.87. The Morgan fingerprint density at radius 2 is 1.94 bits per heavy atom. The fraction of sp³-hybridized carbons (Fsp3) is 0.438. The van der Waals surface area contributed by atoms with Crippen molar-refractivity contribution in [2.24, 2.45) is 0 Å². The monoisotopic (exact) mass is 241 g/mol. The molecule has 0 aliphatic carbocycles. The summed E-state index contributed by atoms with van der Waals surface area (Å²) >= 11 is 0. The van der Waals surface area contributed by atoms with Crippen LogP contribution in [0.5, 0.6) is 0 Å². The fourth-order valence-corrected chi connectivity index (χ4v) is 3.42. The molecule has 0 radical (unpaired) electrons. The molecule has 0 N–H and O–H groups in total. The molecule has 0 bridgehead atoms. The van der Waals surface area contributed by atoms with E-state index < -0.39 is 0 Å². The van der Waals surface area contributed by atoms with E-state index in [2.05, 4.69) is 39.0 Å². The summed E-state index contributed by atoms with van der Waals surface area (Å²) in [4.78, 5) is 12.6. The molecule has 2 heteroatoms. The second kappa shape index (κ2) is 3.98. The van der Waals surface area contributed by atoms with Crippen molar-refractivity contribution in [3.05, 3.63) is 45.2 Å². The van der Waals surface area contributed by atoms with Crippen LogP contribution in [0.1, 0.15) is 43.5 Å². The highest BCUT2D eigenvalue weighted by Gasteiger charge is 2.25. The first-order valence-electron chi connectivity index (χ1n) is 6.86. The summed E-state index contributed by atoms with van der Waals surface area (Å²) in [5.41, 5.74) is 5.01. The van der Waals surface area contributed by atoms with E-state index in [0.29, 0.717) is 6.04 Å². The zero-order valence-electron chi connectivity index (χ0n) is 11.3. The van der Waals surface area contributed by atoms with Gasteiger partial charge in [0.1, 0.15) is 0 Å². The molecule has 2 aromatic rings. The lowest BCUT2D eigenvalue weighted by atomic mass is 9.98. The van der Waals surface area contributed by atoms with Gasteiger partial charge in [-0.2, -0.15) is 0 Å². The van der Waals surface area contributed by atoms with Gasteiger partial charge in [-0.05, 0) is 37.3 Å². The van der Waals surface area contributed by atoms with Gasteiger partial charge in [-0.25, -0.2) is 0 Å².